The van der Waals surface area contributed by atoms with Crippen molar-refractivity contribution in [3.63, 3.8) is 0 Å². The van der Waals surface area contributed by atoms with E-state index in [1.165, 1.54) is 5.56 Å². The minimum atomic E-state index is 0.143. The Labute approximate surface area is 167 Å². The number of hydrogen-bond donors (Lipinski definition) is 0. The molecular weight excluding hydrogens is 352 g/mol. The first kappa shape index (κ1) is 20.2. The van der Waals surface area contributed by atoms with E-state index in [-0.39, 0.29) is 11.9 Å². The molecule has 1 heterocycles. The van der Waals surface area contributed by atoms with Crippen molar-refractivity contribution in [2.24, 2.45) is 0 Å². The summed E-state index contributed by atoms with van der Waals surface area (Å²) < 4.78 is 10.8. The molecule has 1 aliphatic heterocycles. The molecule has 5 nitrogen and oxygen atoms in total. The van der Waals surface area contributed by atoms with Crippen LogP contribution < -0.4 is 14.4 Å². The van der Waals surface area contributed by atoms with Gasteiger partial charge in [-0.1, -0.05) is 24.3 Å². The number of amides is 1. The normalized spacial score (nSPS) is 16.8. The highest BCUT2D eigenvalue weighted by molar-refractivity contribution is 5.95. The molecule has 150 valence electrons. The van der Waals surface area contributed by atoms with Crippen LogP contribution in [0, 0.1) is 6.92 Å². The van der Waals surface area contributed by atoms with Crippen LogP contribution in [0.3, 0.4) is 0 Å². The third-order valence-corrected chi connectivity index (χ3v) is 5.52. The monoisotopic (exact) mass is 382 g/mol. The van der Waals surface area contributed by atoms with Crippen LogP contribution in [0.25, 0.3) is 0 Å². The number of hydrogen-bond acceptors (Lipinski definition) is 4. The van der Waals surface area contributed by atoms with Gasteiger partial charge in [-0.2, -0.15) is 0 Å². The summed E-state index contributed by atoms with van der Waals surface area (Å²) >= 11 is 0. The second-order valence-corrected chi connectivity index (χ2v) is 7.17. The molecular formula is C23H30N2O3. The zero-order chi connectivity index (χ0) is 20.1. The van der Waals surface area contributed by atoms with Gasteiger partial charge < -0.3 is 14.4 Å². The van der Waals surface area contributed by atoms with E-state index in [4.69, 9.17) is 9.47 Å². The smallest absolute Gasteiger partial charge is 0.241 e. The first-order valence-electron chi connectivity index (χ1n) is 9.91. The van der Waals surface area contributed by atoms with Gasteiger partial charge in [0, 0.05) is 18.3 Å². The quantitative estimate of drug-likeness (QED) is 0.720. The summed E-state index contributed by atoms with van der Waals surface area (Å²) in [5.74, 6) is 1.60. The van der Waals surface area contributed by atoms with E-state index in [1.54, 1.807) is 14.2 Å². The molecule has 2 aromatic carbocycles. The highest BCUT2D eigenvalue weighted by atomic mass is 16.5. The number of rotatable bonds is 7. The van der Waals surface area contributed by atoms with Gasteiger partial charge >= 0.3 is 0 Å². The molecule has 2 aromatic rings. The Hall–Kier alpha value is -2.53. The molecule has 28 heavy (non-hydrogen) atoms. The van der Waals surface area contributed by atoms with Gasteiger partial charge in [0.15, 0.2) is 11.5 Å². The van der Waals surface area contributed by atoms with E-state index < -0.39 is 0 Å². The van der Waals surface area contributed by atoms with Crippen molar-refractivity contribution >= 4 is 11.6 Å². The lowest BCUT2D eigenvalue weighted by molar-refractivity contribution is -0.119. The van der Waals surface area contributed by atoms with Gasteiger partial charge in [-0.05, 0) is 62.6 Å². The van der Waals surface area contributed by atoms with Crippen molar-refractivity contribution in [3.8, 4) is 11.5 Å². The Morgan fingerprint density at radius 2 is 1.89 bits per heavy atom. The number of para-hydroxylation sites is 1. The second-order valence-electron chi connectivity index (χ2n) is 7.17. The fraction of sp³-hybridized carbons (Fsp3) is 0.435. The number of carbonyl (C=O) groups is 1. The lowest BCUT2D eigenvalue weighted by Gasteiger charge is -2.29. The zero-order valence-electron chi connectivity index (χ0n) is 17.3. The minimum absolute atomic E-state index is 0.143. The van der Waals surface area contributed by atoms with Crippen molar-refractivity contribution in [3.05, 3.63) is 53.6 Å². The van der Waals surface area contributed by atoms with Crippen molar-refractivity contribution in [1.29, 1.82) is 0 Å². The molecule has 0 aromatic heterocycles. The maximum Gasteiger partial charge on any atom is 0.241 e. The molecule has 0 radical (unpaired) electrons. The number of aryl methyl sites for hydroxylation is 1. The molecule has 1 fully saturated rings. The average Bonchev–Trinajstić information content (AvgIpc) is 3.17. The summed E-state index contributed by atoms with van der Waals surface area (Å²) in [6.07, 6.45) is 2.13. The lowest BCUT2D eigenvalue weighted by atomic mass is 10.0. The van der Waals surface area contributed by atoms with Crippen molar-refractivity contribution < 1.29 is 14.3 Å². The summed E-state index contributed by atoms with van der Waals surface area (Å²) in [6.45, 7) is 6.09. The van der Waals surface area contributed by atoms with Crippen LogP contribution in [0.4, 0.5) is 5.69 Å². The van der Waals surface area contributed by atoms with Gasteiger partial charge in [-0.15, -0.1) is 0 Å². The average molecular weight is 383 g/mol. The summed E-state index contributed by atoms with van der Waals surface area (Å²) in [5.41, 5.74) is 3.29. The molecule has 0 bridgehead atoms. The largest absolute Gasteiger partial charge is 0.493 e. The van der Waals surface area contributed by atoms with Crippen LogP contribution in [0.2, 0.25) is 0 Å². The zero-order valence-corrected chi connectivity index (χ0v) is 17.3. The fourth-order valence-electron chi connectivity index (χ4n) is 4.06. The predicted molar refractivity (Wildman–Crippen MR) is 112 cm³/mol. The van der Waals surface area contributed by atoms with Crippen LogP contribution in [0.5, 0.6) is 11.5 Å². The molecule has 5 heteroatoms. The van der Waals surface area contributed by atoms with Gasteiger partial charge in [0.1, 0.15) is 0 Å². The summed E-state index contributed by atoms with van der Waals surface area (Å²) in [5, 5.41) is 0. The maximum atomic E-state index is 13.1. The van der Waals surface area contributed by atoms with Gasteiger partial charge in [0.2, 0.25) is 5.91 Å². The van der Waals surface area contributed by atoms with Crippen LogP contribution in [-0.4, -0.2) is 44.7 Å². The number of likely N-dealkylation sites (N-methyl/N-ethyl adjacent to an activating group) is 1. The van der Waals surface area contributed by atoms with Gasteiger partial charge in [-0.25, -0.2) is 0 Å². The highest BCUT2D eigenvalue weighted by Crippen LogP contribution is 2.37. The molecule has 0 unspecified atom stereocenters. The van der Waals surface area contributed by atoms with Crippen molar-refractivity contribution in [1.82, 2.24) is 4.90 Å². The van der Waals surface area contributed by atoms with Crippen LogP contribution >= 0.6 is 0 Å². The standard InChI is InChI=1S/C23H30N2O3/c1-5-25(19-10-7-6-9-17(19)2)23(26)16-24-14-8-11-20(24)18-12-13-21(27-3)22(15-18)28-4/h6-7,9-10,12-13,15,20H,5,8,11,14,16H2,1-4H3/t20-/m1/s1. The topological polar surface area (TPSA) is 42.0 Å². The van der Waals surface area contributed by atoms with E-state index in [9.17, 15) is 4.79 Å². The van der Waals surface area contributed by atoms with Crippen LogP contribution in [-0.2, 0) is 4.79 Å². The molecule has 0 N–H and O–H groups in total. The predicted octanol–water partition coefficient (Wildman–Crippen LogP) is 4.20. The molecule has 0 aliphatic carbocycles. The third kappa shape index (κ3) is 4.14. The Morgan fingerprint density at radius 3 is 2.57 bits per heavy atom. The lowest BCUT2D eigenvalue weighted by Crippen LogP contribution is -2.40. The summed E-state index contributed by atoms with van der Waals surface area (Å²) in [4.78, 5) is 17.3. The highest BCUT2D eigenvalue weighted by Gasteiger charge is 2.30. The number of methoxy groups -OCH3 is 2. The maximum absolute atomic E-state index is 13.1. The van der Waals surface area contributed by atoms with E-state index >= 15 is 0 Å². The number of nitrogens with zero attached hydrogens (tertiary/aromatic N) is 2. The Morgan fingerprint density at radius 1 is 1.14 bits per heavy atom. The first-order valence-corrected chi connectivity index (χ1v) is 9.91. The molecule has 3 rings (SSSR count). The number of benzene rings is 2. The molecule has 0 saturated carbocycles. The minimum Gasteiger partial charge on any atom is -0.493 e. The summed E-state index contributed by atoms with van der Waals surface area (Å²) in [6, 6.07) is 14.3. The van der Waals surface area contributed by atoms with Gasteiger partial charge in [-0.3, -0.25) is 9.69 Å². The molecule has 1 saturated heterocycles. The fourth-order valence-corrected chi connectivity index (χ4v) is 4.06. The number of likely N-dealkylation sites (tertiary alicyclic amines) is 1. The number of anilines is 1. The third-order valence-electron chi connectivity index (χ3n) is 5.52. The number of ether oxygens (including phenoxy) is 2. The Balaban J connectivity index is 1.78. The van der Waals surface area contributed by atoms with Crippen molar-refractivity contribution in [2.75, 3.05) is 38.8 Å². The SMILES string of the molecule is CCN(C(=O)CN1CCC[C@@H]1c1ccc(OC)c(OC)c1)c1ccccc1C. The van der Waals surface area contributed by atoms with E-state index in [2.05, 4.69) is 11.0 Å². The van der Waals surface area contributed by atoms with Gasteiger partial charge in [0.25, 0.3) is 0 Å². The molecule has 1 aliphatic rings. The Bertz CT molecular complexity index is 821. The van der Waals surface area contributed by atoms with E-state index in [0.29, 0.717) is 13.1 Å². The molecule has 1 amide bonds. The summed E-state index contributed by atoms with van der Waals surface area (Å²) in [7, 11) is 3.29. The molecule has 1 atom stereocenters. The van der Waals surface area contributed by atoms with Gasteiger partial charge in [0.05, 0.1) is 20.8 Å². The number of carbonyl (C=O) groups excluding carboxylic acids is 1. The van der Waals surface area contributed by atoms with Crippen LogP contribution in [0.1, 0.15) is 36.9 Å². The first-order chi connectivity index (χ1) is 13.6. The van der Waals surface area contributed by atoms with Crippen molar-refractivity contribution in [2.45, 2.75) is 32.7 Å². The molecule has 0 spiro atoms. The van der Waals surface area contributed by atoms with E-state index in [1.807, 2.05) is 55.1 Å². The van der Waals surface area contributed by atoms with Crippen LogP contribution in [0.15, 0.2) is 42.5 Å². The van der Waals surface area contributed by atoms with E-state index in [0.717, 1.165) is 42.1 Å². The Kier molecular flexibility index (Phi) is 6.57. The second kappa shape index (κ2) is 9.11.